The van der Waals surface area contributed by atoms with Crippen LogP contribution in [0.5, 0.6) is 0 Å². The van der Waals surface area contributed by atoms with Crippen molar-refractivity contribution >= 4 is 37.3 Å². The third kappa shape index (κ3) is 4.34. The second-order valence-corrected chi connectivity index (χ2v) is 10.8. The third-order valence-electron chi connectivity index (χ3n) is 7.39. The highest BCUT2D eigenvalue weighted by Crippen LogP contribution is 2.37. The summed E-state index contributed by atoms with van der Waals surface area (Å²) in [6, 6.07) is 16.7. The molecule has 0 unspecified atom stereocenters. The van der Waals surface area contributed by atoms with Gasteiger partial charge in [0.2, 0.25) is 0 Å². The van der Waals surface area contributed by atoms with Crippen LogP contribution in [0.2, 0.25) is 0 Å². The molecule has 0 radical (unpaired) electrons. The summed E-state index contributed by atoms with van der Waals surface area (Å²) in [6.45, 7) is 16.6. The van der Waals surface area contributed by atoms with Gasteiger partial charge in [0.05, 0.1) is 22.4 Å². The third-order valence-corrected chi connectivity index (χ3v) is 7.39. The molecule has 0 aromatic heterocycles. The van der Waals surface area contributed by atoms with Crippen LogP contribution >= 0.6 is 0 Å². The zero-order valence-electron chi connectivity index (χ0n) is 20.6. The van der Waals surface area contributed by atoms with Crippen LogP contribution in [0.25, 0.3) is 12.2 Å². The minimum atomic E-state index is -0.333. The second-order valence-electron chi connectivity index (χ2n) is 10.8. The molecule has 32 heavy (non-hydrogen) atoms. The molecule has 0 saturated carbocycles. The summed E-state index contributed by atoms with van der Waals surface area (Å²) in [4.78, 5) is 0. The van der Waals surface area contributed by atoms with Crippen LogP contribution in [0.3, 0.4) is 0 Å². The van der Waals surface area contributed by atoms with E-state index in [1.54, 1.807) is 0 Å². The largest absolute Gasteiger partial charge is 0.494 e. The molecule has 2 saturated heterocycles. The molecule has 2 aromatic carbocycles. The standard InChI is InChI=1S/C26H34B2O4/c1-23(2)24(3,4)30-27(29-23)21-15-11-19(12-16-21)9-10-20-13-17-22(18-14-20)28-31-25(5,6)26(7,8)32-28/h9-18H,1-8H3. The van der Waals surface area contributed by atoms with Crippen molar-refractivity contribution in [3.8, 4) is 0 Å². The van der Waals surface area contributed by atoms with Gasteiger partial charge in [0, 0.05) is 0 Å². The molecule has 6 heteroatoms. The minimum absolute atomic E-state index is 0.331. The predicted octanol–water partition coefficient (Wildman–Crippen LogP) is 4.46. The van der Waals surface area contributed by atoms with E-state index in [9.17, 15) is 0 Å². The van der Waals surface area contributed by atoms with Gasteiger partial charge in [-0.25, -0.2) is 0 Å². The van der Waals surface area contributed by atoms with Crippen LogP contribution in [-0.2, 0) is 18.6 Å². The van der Waals surface area contributed by atoms with Crippen LogP contribution in [0.4, 0.5) is 0 Å². The van der Waals surface area contributed by atoms with E-state index in [1.165, 1.54) is 0 Å². The van der Waals surface area contributed by atoms with E-state index in [1.807, 2.05) is 0 Å². The molecule has 2 aliphatic heterocycles. The molecule has 168 valence electrons. The van der Waals surface area contributed by atoms with Crippen LogP contribution in [0.1, 0.15) is 66.5 Å². The molecule has 2 aromatic rings. The number of hydrogen-bond acceptors (Lipinski definition) is 4. The molecule has 2 heterocycles. The van der Waals surface area contributed by atoms with Crippen molar-refractivity contribution < 1.29 is 18.6 Å². The molecule has 4 rings (SSSR count). The Hall–Kier alpha value is -1.85. The van der Waals surface area contributed by atoms with Crippen LogP contribution in [0.15, 0.2) is 48.5 Å². The molecule has 0 aliphatic carbocycles. The summed E-state index contributed by atoms with van der Waals surface area (Å²) in [5, 5.41) is 0. The fourth-order valence-corrected chi connectivity index (χ4v) is 3.68. The highest BCUT2D eigenvalue weighted by atomic mass is 16.7. The van der Waals surface area contributed by atoms with Crippen molar-refractivity contribution in [1.29, 1.82) is 0 Å². The lowest BCUT2D eigenvalue weighted by Gasteiger charge is -2.32. The number of rotatable bonds is 4. The molecule has 0 spiro atoms. The van der Waals surface area contributed by atoms with Crippen molar-refractivity contribution in [3.05, 3.63) is 59.7 Å². The summed E-state index contributed by atoms with van der Waals surface area (Å²) in [6.07, 6.45) is 4.22. The van der Waals surface area contributed by atoms with Gasteiger partial charge in [-0.2, -0.15) is 0 Å². The number of hydrogen-bond donors (Lipinski definition) is 0. The Morgan fingerprint density at radius 3 is 0.969 bits per heavy atom. The first kappa shape index (κ1) is 23.3. The van der Waals surface area contributed by atoms with E-state index in [0.717, 1.165) is 22.1 Å². The lowest BCUT2D eigenvalue weighted by molar-refractivity contribution is 0.00578. The maximum atomic E-state index is 6.14. The van der Waals surface area contributed by atoms with E-state index < -0.39 is 0 Å². The Morgan fingerprint density at radius 2 is 0.719 bits per heavy atom. The van der Waals surface area contributed by atoms with E-state index in [0.29, 0.717) is 0 Å². The minimum Gasteiger partial charge on any atom is -0.399 e. The maximum absolute atomic E-state index is 6.14. The van der Waals surface area contributed by atoms with Gasteiger partial charge < -0.3 is 18.6 Å². The lowest BCUT2D eigenvalue weighted by Crippen LogP contribution is -2.41. The van der Waals surface area contributed by atoms with Gasteiger partial charge in [0.1, 0.15) is 0 Å². The summed E-state index contributed by atoms with van der Waals surface area (Å²) < 4.78 is 24.6. The molecule has 4 nitrogen and oxygen atoms in total. The Kier molecular flexibility index (Phi) is 5.74. The number of benzene rings is 2. The Balaban J connectivity index is 1.40. The highest BCUT2D eigenvalue weighted by molar-refractivity contribution is 6.62. The normalized spacial score (nSPS) is 23.2. The van der Waals surface area contributed by atoms with Crippen molar-refractivity contribution in [2.24, 2.45) is 0 Å². The summed E-state index contributed by atoms with van der Waals surface area (Å²) >= 11 is 0. The fraction of sp³-hybridized carbons (Fsp3) is 0.462. The molecular formula is C26H34B2O4. The fourth-order valence-electron chi connectivity index (χ4n) is 3.68. The quantitative estimate of drug-likeness (QED) is 0.529. The zero-order valence-corrected chi connectivity index (χ0v) is 20.6. The SMILES string of the molecule is CC1(C)OB(c2ccc(C=Cc3ccc(B4OC(C)(C)C(C)(C)O4)cc3)cc2)OC1(C)C. The summed E-state index contributed by atoms with van der Waals surface area (Å²) in [5.74, 6) is 0. The smallest absolute Gasteiger partial charge is 0.399 e. The molecule has 0 bridgehead atoms. The summed E-state index contributed by atoms with van der Waals surface area (Å²) in [5.41, 5.74) is 3.00. The van der Waals surface area contributed by atoms with Crippen LogP contribution < -0.4 is 10.9 Å². The van der Waals surface area contributed by atoms with Crippen molar-refractivity contribution in [2.75, 3.05) is 0 Å². The molecule has 0 amide bonds. The van der Waals surface area contributed by atoms with Gasteiger partial charge in [-0.05, 0) is 77.4 Å². The van der Waals surface area contributed by atoms with Gasteiger partial charge in [0.25, 0.3) is 0 Å². The van der Waals surface area contributed by atoms with Crippen molar-refractivity contribution in [1.82, 2.24) is 0 Å². The van der Waals surface area contributed by atoms with E-state index in [-0.39, 0.29) is 36.6 Å². The Morgan fingerprint density at radius 1 is 0.469 bits per heavy atom. The van der Waals surface area contributed by atoms with E-state index in [4.69, 9.17) is 18.6 Å². The molecule has 2 fully saturated rings. The molecule has 0 N–H and O–H groups in total. The highest BCUT2D eigenvalue weighted by Gasteiger charge is 2.52. The Labute approximate surface area is 193 Å². The zero-order chi connectivity index (χ0) is 23.4. The topological polar surface area (TPSA) is 36.9 Å². The average Bonchev–Trinajstić information content (AvgIpc) is 3.07. The average molecular weight is 432 g/mol. The van der Waals surface area contributed by atoms with Crippen LogP contribution in [-0.4, -0.2) is 36.6 Å². The maximum Gasteiger partial charge on any atom is 0.494 e. The first-order valence-electron chi connectivity index (χ1n) is 11.4. The van der Waals surface area contributed by atoms with Gasteiger partial charge in [-0.15, -0.1) is 0 Å². The molecule has 0 atom stereocenters. The van der Waals surface area contributed by atoms with Crippen molar-refractivity contribution in [2.45, 2.75) is 77.8 Å². The van der Waals surface area contributed by atoms with E-state index >= 15 is 0 Å². The Bertz CT molecular complexity index is 878. The van der Waals surface area contributed by atoms with Crippen LogP contribution in [0, 0.1) is 0 Å². The first-order valence-corrected chi connectivity index (χ1v) is 11.4. The van der Waals surface area contributed by atoms with Gasteiger partial charge in [-0.1, -0.05) is 60.7 Å². The van der Waals surface area contributed by atoms with Gasteiger partial charge in [-0.3, -0.25) is 0 Å². The molecular weight excluding hydrogens is 398 g/mol. The predicted molar refractivity (Wildman–Crippen MR) is 133 cm³/mol. The molecule has 2 aliphatic rings. The monoisotopic (exact) mass is 432 g/mol. The van der Waals surface area contributed by atoms with E-state index in [2.05, 4.69) is 116 Å². The van der Waals surface area contributed by atoms with Gasteiger partial charge >= 0.3 is 14.2 Å². The second kappa shape index (κ2) is 7.88. The lowest BCUT2D eigenvalue weighted by atomic mass is 9.78. The first-order chi connectivity index (χ1) is 14.8. The summed E-state index contributed by atoms with van der Waals surface area (Å²) in [7, 11) is -0.666. The van der Waals surface area contributed by atoms with Gasteiger partial charge in [0.15, 0.2) is 0 Å². The van der Waals surface area contributed by atoms with Crippen molar-refractivity contribution in [3.63, 3.8) is 0 Å².